The summed E-state index contributed by atoms with van der Waals surface area (Å²) in [5.41, 5.74) is 1.45. The van der Waals surface area contributed by atoms with E-state index in [1.807, 2.05) is 66.7 Å². The lowest BCUT2D eigenvalue weighted by atomic mass is 10.2. The van der Waals surface area contributed by atoms with E-state index in [-0.39, 0.29) is 23.0 Å². The van der Waals surface area contributed by atoms with Crippen molar-refractivity contribution in [3.05, 3.63) is 131 Å². The van der Waals surface area contributed by atoms with Gasteiger partial charge in [0.05, 0.1) is 12.8 Å². The molecule has 30 heavy (non-hydrogen) atoms. The summed E-state index contributed by atoms with van der Waals surface area (Å²) in [7, 11) is -1.14. The van der Waals surface area contributed by atoms with Gasteiger partial charge in [-0.1, -0.05) is 72.3 Å². The third-order valence-electron chi connectivity index (χ3n) is 4.43. The topological polar surface area (TPSA) is 43.1 Å². The molecule has 152 valence electrons. The van der Waals surface area contributed by atoms with Gasteiger partial charge in [-0.3, -0.25) is 10.1 Å². The standard InChI is InChI=1S/C18H14NO2P.C7H8.ClH/c20-19(21)15-11-13-18(14-12-15)22(16-7-3-1-4-8-16)17-9-5-2-6-10-17;1-7-5-3-2-4-6-7;/h1-14H;2-6H,1H3;1H. The molecular formula is C25H23ClNO2P. The molecule has 4 aromatic carbocycles. The second-order valence-corrected chi connectivity index (χ2v) is 9.05. The molecule has 4 aromatic rings. The first-order valence-corrected chi connectivity index (χ1v) is 10.9. The van der Waals surface area contributed by atoms with E-state index in [0.717, 1.165) is 5.30 Å². The lowest BCUT2D eigenvalue weighted by Gasteiger charge is -2.10. The number of nitrogens with zero attached hydrogens (tertiary/aromatic N) is 1. The Kier molecular flexibility index (Phi) is 9.21. The number of aryl methyl sites for hydroxylation is 1. The second-order valence-electron chi connectivity index (χ2n) is 6.57. The Hall–Kier alpha value is -3.00. The third kappa shape index (κ3) is 6.52. The quantitative estimate of drug-likeness (QED) is 0.280. The Morgan fingerprint density at radius 1 is 0.600 bits per heavy atom. The van der Waals surface area contributed by atoms with E-state index in [9.17, 15) is 10.1 Å². The molecule has 0 fully saturated rings. The third-order valence-corrected chi connectivity index (χ3v) is 7.16. The van der Waals surface area contributed by atoms with Crippen molar-refractivity contribution in [1.29, 1.82) is 0 Å². The van der Waals surface area contributed by atoms with Crippen molar-refractivity contribution in [2.75, 3.05) is 0 Å². The van der Waals surface area contributed by atoms with E-state index >= 15 is 0 Å². The van der Waals surface area contributed by atoms with Gasteiger partial charge >= 0.3 is 0 Å². The first kappa shape index (κ1) is 23.3. The average Bonchev–Trinajstić information content (AvgIpc) is 2.77. The second kappa shape index (κ2) is 11.9. The fourth-order valence-electron chi connectivity index (χ4n) is 2.99. The van der Waals surface area contributed by atoms with Crippen LogP contribution in [0.25, 0.3) is 0 Å². The van der Waals surface area contributed by atoms with Crippen LogP contribution < -0.4 is 28.3 Å². The summed E-state index contributed by atoms with van der Waals surface area (Å²) in [4.78, 5) is 10.5. The number of rotatable bonds is 4. The van der Waals surface area contributed by atoms with Crippen LogP contribution in [0.3, 0.4) is 0 Å². The van der Waals surface area contributed by atoms with Crippen LogP contribution in [0.1, 0.15) is 5.56 Å². The first-order valence-electron chi connectivity index (χ1n) is 9.39. The Morgan fingerprint density at radius 2 is 0.967 bits per heavy atom. The van der Waals surface area contributed by atoms with Crippen LogP contribution in [0.2, 0.25) is 0 Å². The van der Waals surface area contributed by atoms with Gasteiger partial charge in [0.15, 0.2) is 0 Å². The highest BCUT2D eigenvalue weighted by molar-refractivity contribution is 7.79. The van der Waals surface area contributed by atoms with Crippen LogP contribution >= 0.6 is 7.92 Å². The maximum absolute atomic E-state index is 10.8. The number of benzene rings is 4. The van der Waals surface area contributed by atoms with Crippen molar-refractivity contribution >= 4 is 29.5 Å². The van der Waals surface area contributed by atoms with Crippen LogP contribution in [0.15, 0.2) is 115 Å². The number of hydrogen-bond donors (Lipinski definition) is 0. The highest BCUT2D eigenvalue weighted by Crippen LogP contribution is 2.32. The molecule has 5 heteroatoms. The van der Waals surface area contributed by atoms with E-state index in [1.54, 1.807) is 12.1 Å². The molecule has 0 atom stereocenters. The van der Waals surface area contributed by atoms with Crippen LogP contribution in [0, 0.1) is 17.0 Å². The molecule has 4 rings (SSSR count). The normalized spacial score (nSPS) is 9.80. The summed E-state index contributed by atoms with van der Waals surface area (Å²) in [5.74, 6) is 0. The van der Waals surface area contributed by atoms with Crippen molar-refractivity contribution in [3.8, 4) is 0 Å². The van der Waals surface area contributed by atoms with Crippen LogP contribution in [0.4, 0.5) is 5.69 Å². The smallest absolute Gasteiger partial charge is 0.269 e. The molecule has 0 unspecified atom stereocenters. The molecule has 0 aromatic heterocycles. The monoisotopic (exact) mass is 435 g/mol. The lowest BCUT2D eigenvalue weighted by molar-refractivity contribution is -0.384. The zero-order chi connectivity index (χ0) is 20.5. The van der Waals surface area contributed by atoms with Gasteiger partial charge < -0.3 is 12.4 Å². The van der Waals surface area contributed by atoms with Crippen molar-refractivity contribution in [2.45, 2.75) is 6.92 Å². The molecule has 0 spiro atoms. The molecule has 3 nitrogen and oxygen atoms in total. The summed E-state index contributed by atoms with van der Waals surface area (Å²) >= 11 is 0. The van der Waals surface area contributed by atoms with E-state index in [4.69, 9.17) is 0 Å². The summed E-state index contributed by atoms with van der Waals surface area (Å²) < 4.78 is 0. The van der Waals surface area contributed by atoms with E-state index < -0.39 is 7.92 Å². The SMILES string of the molecule is Cc1ccccc1.O=[N+]([O-])c1ccc([PH+](c2ccccc2)c2ccccc2)cc1.[Cl-]. The minimum atomic E-state index is -1.14. The molecule has 0 aliphatic rings. The fourth-order valence-corrected chi connectivity index (χ4v) is 5.55. The van der Waals surface area contributed by atoms with E-state index in [2.05, 4.69) is 43.3 Å². The van der Waals surface area contributed by atoms with Gasteiger partial charge in [-0.25, -0.2) is 0 Å². The Bertz CT molecular complexity index is 987. The Morgan fingerprint density at radius 3 is 1.30 bits per heavy atom. The summed E-state index contributed by atoms with van der Waals surface area (Å²) in [6.45, 7) is 2.08. The maximum Gasteiger partial charge on any atom is 0.269 e. The van der Waals surface area contributed by atoms with Crippen LogP contribution in [0.5, 0.6) is 0 Å². The van der Waals surface area contributed by atoms with Crippen molar-refractivity contribution in [3.63, 3.8) is 0 Å². The molecule has 0 N–H and O–H groups in total. The predicted molar refractivity (Wildman–Crippen MR) is 124 cm³/mol. The highest BCUT2D eigenvalue weighted by atomic mass is 35.5. The average molecular weight is 436 g/mol. The van der Waals surface area contributed by atoms with Crippen LogP contribution in [-0.4, -0.2) is 4.92 Å². The highest BCUT2D eigenvalue weighted by Gasteiger charge is 2.25. The number of hydrogen-bond acceptors (Lipinski definition) is 2. The lowest BCUT2D eigenvalue weighted by Crippen LogP contribution is -3.00. The molecule has 0 bridgehead atoms. The molecule has 0 aliphatic heterocycles. The largest absolute Gasteiger partial charge is 1.00 e. The molecular weight excluding hydrogens is 413 g/mol. The van der Waals surface area contributed by atoms with E-state index in [0.29, 0.717) is 0 Å². The summed E-state index contributed by atoms with van der Waals surface area (Å²) in [6.07, 6.45) is 0. The van der Waals surface area contributed by atoms with E-state index in [1.165, 1.54) is 16.2 Å². The first-order chi connectivity index (χ1) is 14.1. The van der Waals surface area contributed by atoms with Gasteiger partial charge in [0, 0.05) is 12.1 Å². The molecule has 0 saturated carbocycles. The van der Waals surface area contributed by atoms with Crippen molar-refractivity contribution in [1.82, 2.24) is 0 Å². The van der Waals surface area contributed by atoms with Gasteiger partial charge in [-0.15, -0.1) is 0 Å². The number of non-ortho nitro benzene ring substituents is 1. The minimum absolute atomic E-state index is 0. The molecule has 0 radical (unpaired) electrons. The van der Waals surface area contributed by atoms with Gasteiger partial charge in [-0.05, 0) is 43.3 Å². The molecule has 0 heterocycles. The zero-order valence-electron chi connectivity index (χ0n) is 16.6. The Balaban J connectivity index is 0.000000341. The van der Waals surface area contributed by atoms with Crippen LogP contribution in [-0.2, 0) is 0 Å². The van der Waals surface area contributed by atoms with Gasteiger partial charge in [-0.2, -0.15) is 0 Å². The van der Waals surface area contributed by atoms with Crippen molar-refractivity contribution < 1.29 is 17.3 Å². The predicted octanol–water partition coefficient (Wildman–Crippen LogP) is 2.08. The minimum Gasteiger partial charge on any atom is -1.00 e. The number of nitro groups is 1. The molecule has 0 amide bonds. The molecule has 0 aliphatic carbocycles. The number of halogens is 1. The fraction of sp³-hybridized carbons (Fsp3) is 0.0400. The molecule has 0 saturated heterocycles. The Labute approximate surface area is 184 Å². The summed E-state index contributed by atoms with van der Waals surface area (Å²) in [5, 5.41) is 14.5. The summed E-state index contributed by atoms with van der Waals surface area (Å²) in [6, 6.07) is 37.9. The van der Waals surface area contributed by atoms with Gasteiger partial charge in [0.1, 0.15) is 15.9 Å². The van der Waals surface area contributed by atoms with Gasteiger partial charge in [0.25, 0.3) is 5.69 Å². The number of nitro benzene ring substituents is 1. The van der Waals surface area contributed by atoms with Crippen molar-refractivity contribution in [2.24, 2.45) is 0 Å². The maximum atomic E-state index is 10.8. The zero-order valence-corrected chi connectivity index (χ0v) is 18.4. The van der Waals surface area contributed by atoms with Gasteiger partial charge in [0.2, 0.25) is 0 Å².